The van der Waals surface area contributed by atoms with Crippen LogP contribution in [0.2, 0.25) is 0 Å². The lowest BCUT2D eigenvalue weighted by Gasteiger charge is -2.12. The van der Waals surface area contributed by atoms with Gasteiger partial charge in [-0.15, -0.1) is 0 Å². The average Bonchev–Trinajstić information content (AvgIpc) is 3.20. The Balaban J connectivity index is 1.68. The molecule has 31 heavy (non-hydrogen) atoms. The Morgan fingerprint density at radius 2 is 1.77 bits per heavy atom. The summed E-state index contributed by atoms with van der Waals surface area (Å²) in [6.45, 7) is 4.15. The predicted octanol–water partition coefficient (Wildman–Crippen LogP) is 3.52. The second-order valence-electron chi connectivity index (χ2n) is 7.60. The normalized spacial score (nSPS) is 15.0. The quantitative estimate of drug-likeness (QED) is 0.476. The minimum atomic E-state index is -0.492. The van der Waals surface area contributed by atoms with Crippen LogP contribution in [-0.4, -0.2) is 26.6 Å². The summed E-state index contributed by atoms with van der Waals surface area (Å²) in [5.74, 6) is -0.444. The fourth-order valence-corrected chi connectivity index (χ4v) is 3.70. The molecule has 3 amide bonds. The van der Waals surface area contributed by atoms with Crippen molar-refractivity contribution >= 4 is 18.0 Å². The number of benzene rings is 2. The molecule has 0 unspecified atom stereocenters. The fourth-order valence-electron chi connectivity index (χ4n) is 3.70. The van der Waals surface area contributed by atoms with Gasteiger partial charge in [0.1, 0.15) is 5.70 Å². The highest BCUT2D eigenvalue weighted by molar-refractivity contribution is 6.13. The molecular formula is C24H24N4O3. The standard InChI is InChI=1S/C24H24N4O3/c1-3-8-20-19(22(29)28(26-20)18-11-5-4-6-12-18)14-21-23(30)27(24(31)25-21)15-17-10-7-9-16(2)13-17/h4-7,9-14,26H,3,8,15H2,1-2H3,(H,25,31)/b21-14-. The maximum Gasteiger partial charge on any atom is 0.329 e. The van der Waals surface area contributed by atoms with Crippen molar-refractivity contribution in [1.29, 1.82) is 0 Å². The van der Waals surface area contributed by atoms with Crippen molar-refractivity contribution in [2.24, 2.45) is 0 Å². The van der Waals surface area contributed by atoms with Gasteiger partial charge in [0, 0.05) is 5.69 Å². The topological polar surface area (TPSA) is 87.2 Å². The summed E-state index contributed by atoms with van der Waals surface area (Å²) in [7, 11) is 0. The molecule has 0 bridgehead atoms. The van der Waals surface area contributed by atoms with Crippen LogP contribution in [-0.2, 0) is 17.8 Å². The van der Waals surface area contributed by atoms with Gasteiger partial charge in [-0.25, -0.2) is 9.48 Å². The predicted molar refractivity (Wildman–Crippen MR) is 119 cm³/mol. The monoisotopic (exact) mass is 416 g/mol. The molecule has 0 radical (unpaired) electrons. The van der Waals surface area contributed by atoms with Gasteiger partial charge in [-0.2, -0.15) is 0 Å². The molecule has 1 aromatic heterocycles. The number of H-pyrrole nitrogens is 1. The van der Waals surface area contributed by atoms with E-state index >= 15 is 0 Å². The molecule has 0 aliphatic carbocycles. The lowest BCUT2D eigenvalue weighted by molar-refractivity contribution is -0.123. The molecule has 1 saturated heterocycles. The van der Waals surface area contributed by atoms with Gasteiger partial charge in [-0.3, -0.25) is 19.6 Å². The van der Waals surface area contributed by atoms with E-state index < -0.39 is 11.9 Å². The Hall–Kier alpha value is -3.87. The Morgan fingerprint density at radius 3 is 2.48 bits per heavy atom. The highest BCUT2D eigenvalue weighted by atomic mass is 16.2. The molecule has 7 heteroatoms. The number of urea groups is 1. The summed E-state index contributed by atoms with van der Waals surface area (Å²) in [6.07, 6.45) is 2.95. The van der Waals surface area contributed by atoms with E-state index in [1.54, 1.807) is 0 Å². The minimum Gasteiger partial charge on any atom is -0.303 e. The van der Waals surface area contributed by atoms with Crippen LogP contribution >= 0.6 is 0 Å². The van der Waals surface area contributed by atoms with Crippen LogP contribution in [0.25, 0.3) is 11.8 Å². The van der Waals surface area contributed by atoms with Crippen molar-refractivity contribution in [2.45, 2.75) is 33.2 Å². The van der Waals surface area contributed by atoms with Gasteiger partial charge in [0.15, 0.2) is 0 Å². The molecule has 1 aliphatic heterocycles. The Kier molecular flexibility index (Phi) is 5.58. The van der Waals surface area contributed by atoms with Gasteiger partial charge >= 0.3 is 6.03 Å². The largest absolute Gasteiger partial charge is 0.329 e. The van der Waals surface area contributed by atoms with E-state index in [0.29, 0.717) is 17.7 Å². The summed E-state index contributed by atoms with van der Waals surface area (Å²) in [6, 6.07) is 16.4. The third-order valence-corrected chi connectivity index (χ3v) is 5.19. The third-order valence-electron chi connectivity index (χ3n) is 5.19. The number of rotatable bonds is 6. The molecule has 0 spiro atoms. The number of aryl methyl sites for hydroxylation is 2. The van der Waals surface area contributed by atoms with Gasteiger partial charge in [0.25, 0.3) is 11.5 Å². The van der Waals surface area contributed by atoms with E-state index in [4.69, 9.17) is 0 Å². The van der Waals surface area contributed by atoms with Crippen LogP contribution in [0.5, 0.6) is 0 Å². The van der Waals surface area contributed by atoms with Crippen molar-refractivity contribution in [3.8, 4) is 5.69 Å². The van der Waals surface area contributed by atoms with Crippen LogP contribution in [0.15, 0.2) is 65.1 Å². The molecule has 3 aromatic rings. The number of nitrogens with one attached hydrogen (secondary N) is 2. The van der Waals surface area contributed by atoms with Crippen LogP contribution in [0.1, 0.15) is 35.7 Å². The van der Waals surface area contributed by atoms with Gasteiger partial charge in [0.05, 0.1) is 17.8 Å². The maximum atomic E-state index is 13.1. The first-order valence-corrected chi connectivity index (χ1v) is 10.3. The molecule has 0 saturated carbocycles. The highest BCUT2D eigenvalue weighted by Crippen LogP contribution is 2.19. The molecule has 0 atom stereocenters. The van der Waals surface area contributed by atoms with E-state index in [-0.39, 0.29) is 17.8 Å². The number of carbonyl (C=O) groups excluding carboxylic acids is 2. The Labute approximate surface area is 180 Å². The minimum absolute atomic E-state index is 0.103. The molecular weight excluding hydrogens is 392 g/mol. The smallest absolute Gasteiger partial charge is 0.303 e. The molecule has 2 heterocycles. The van der Waals surface area contributed by atoms with Crippen molar-refractivity contribution in [1.82, 2.24) is 20.0 Å². The molecule has 7 nitrogen and oxygen atoms in total. The van der Waals surface area contributed by atoms with Gasteiger partial charge in [-0.1, -0.05) is 61.4 Å². The molecule has 4 rings (SSSR count). The summed E-state index contributed by atoms with van der Waals surface area (Å²) in [4.78, 5) is 39.6. The van der Waals surface area contributed by atoms with Crippen LogP contribution in [0.3, 0.4) is 0 Å². The average molecular weight is 416 g/mol. The zero-order valence-electron chi connectivity index (χ0n) is 17.5. The lowest BCUT2D eigenvalue weighted by atomic mass is 10.1. The van der Waals surface area contributed by atoms with Gasteiger partial charge in [0.2, 0.25) is 0 Å². The first-order valence-electron chi connectivity index (χ1n) is 10.3. The second-order valence-corrected chi connectivity index (χ2v) is 7.60. The summed E-state index contributed by atoms with van der Waals surface area (Å²) >= 11 is 0. The van der Waals surface area contributed by atoms with E-state index in [2.05, 4.69) is 10.4 Å². The van der Waals surface area contributed by atoms with Crippen LogP contribution in [0, 0.1) is 6.92 Å². The number of hydrogen-bond acceptors (Lipinski definition) is 3. The zero-order chi connectivity index (χ0) is 22.0. The summed E-state index contributed by atoms with van der Waals surface area (Å²) in [5.41, 5.74) is 3.57. The van der Waals surface area contributed by atoms with Crippen molar-refractivity contribution in [2.75, 3.05) is 0 Å². The van der Waals surface area contributed by atoms with Crippen molar-refractivity contribution in [3.63, 3.8) is 0 Å². The number of aromatic nitrogens is 2. The molecule has 1 fully saturated rings. The Morgan fingerprint density at radius 1 is 1.00 bits per heavy atom. The van der Waals surface area contributed by atoms with Crippen LogP contribution in [0.4, 0.5) is 4.79 Å². The molecule has 1 aliphatic rings. The highest BCUT2D eigenvalue weighted by Gasteiger charge is 2.34. The zero-order valence-corrected chi connectivity index (χ0v) is 17.5. The summed E-state index contributed by atoms with van der Waals surface area (Å²) in [5, 5.41) is 5.77. The number of amides is 3. The number of carbonyl (C=O) groups is 2. The van der Waals surface area contributed by atoms with E-state index in [1.165, 1.54) is 10.8 Å². The van der Waals surface area contributed by atoms with E-state index in [0.717, 1.165) is 28.1 Å². The van der Waals surface area contributed by atoms with Crippen molar-refractivity contribution < 1.29 is 9.59 Å². The van der Waals surface area contributed by atoms with E-state index in [1.807, 2.05) is 68.4 Å². The fraction of sp³-hybridized carbons (Fsp3) is 0.208. The first-order chi connectivity index (χ1) is 15.0. The second kappa shape index (κ2) is 8.47. The number of nitrogens with zero attached hydrogens (tertiary/aromatic N) is 2. The molecule has 2 aromatic carbocycles. The number of imide groups is 1. The Bertz CT molecular complexity index is 1220. The molecule has 2 N–H and O–H groups in total. The number of aromatic amines is 1. The van der Waals surface area contributed by atoms with Crippen LogP contribution < -0.4 is 10.9 Å². The van der Waals surface area contributed by atoms with Gasteiger partial charge in [-0.05, 0) is 37.1 Å². The summed E-state index contributed by atoms with van der Waals surface area (Å²) < 4.78 is 1.46. The first kappa shape index (κ1) is 20.4. The van der Waals surface area contributed by atoms with E-state index in [9.17, 15) is 14.4 Å². The molecule has 158 valence electrons. The third kappa shape index (κ3) is 4.07. The lowest BCUT2D eigenvalue weighted by Crippen LogP contribution is -2.30. The maximum absolute atomic E-state index is 13.1. The SMILES string of the molecule is CCCc1[nH]n(-c2ccccc2)c(=O)c1/C=C1\NC(=O)N(Cc2cccc(C)c2)C1=O. The van der Waals surface area contributed by atoms with Crippen molar-refractivity contribution in [3.05, 3.63) is 93.0 Å². The number of para-hydroxylation sites is 1. The number of hydrogen-bond donors (Lipinski definition) is 2. The van der Waals surface area contributed by atoms with Gasteiger partial charge < -0.3 is 5.32 Å².